The van der Waals surface area contributed by atoms with Gasteiger partial charge in [-0.1, -0.05) is 17.3 Å². The van der Waals surface area contributed by atoms with E-state index in [1.807, 2.05) is 57.1 Å². The summed E-state index contributed by atoms with van der Waals surface area (Å²) in [6, 6.07) is 13.0. The number of hydrogen-bond acceptors (Lipinski definition) is 6. The number of rotatable bonds is 7. The molecule has 0 aliphatic carbocycles. The lowest BCUT2D eigenvalue weighted by molar-refractivity contribution is -0.126. The normalized spacial score (nSPS) is 17.3. The van der Waals surface area contributed by atoms with Crippen LogP contribution in [-0.4, -0.2) is 60.8 Å². The van der Waals surface area contributed by atoms with E-state index in [4.69, 9.17) is 0 Å². The molecule has 2 aromatic carbocycles. The predicted octanol–water partition coefficient (Wildman–Crippen LogP) is 2.80. The molecule has 0 bridgehead atoms. The van der Waals surface area contributed by atoms with Crippen LogP contribution in [0.3, 0.4) is 0 Å². The molecule has 1 unspecified atom stereocenters. The minimum Gasteiger partial charge on any atom is -0.378 e. The van der Waals surface area contributed by atoms with Crippen LogP contribution in [-0.2, 0) is 21.4 Å². The summed E-state index contributed by atoms with van der Waals surface area (Å²) in [6.45, 7) is 4.98. The Balaban J connectivity index is 1.43. The van der Waals surface area contributed by atoms with Gasteiger partial charge in [0.15, 0.2) is 0 Å². The van der Waals surface area contributed by atoms with Crippen LogP contribution in [0.2, 0.25) is 0 Å². The Morgan fingerprint density at radius 3 is 2.59 bits per heavy atom. The molecule has 1 atom stereocenters. The van der Waals surface area contributed by atoms with Gasteiger partial charge in [-0.05, 0) is 62.6 Å². The molecule has 2 heterocycles. The van der Waals surface area contributed by atoms with E-state index in [0.717, 1.165) is 16.8 Å². The smallest absolute Gasteiger partial charge is 0.243 e. The summed E-state index contributed by atoms with van der Waals surface area (Å²) >= 11 is 0. The van der Waals surface area contributed by atoms with Gasteiger partial charge in [-0.15, -0.1) is 5.10 Å². The molecule has 34 heavy (non-hydrogen) atoms. The number of hydrogen-bond donors (Lipinski definition) is 1. The summed E-state index contributed by atoms with van der Waals surface area (Å²) in [5, 5.41) is 11.2. The van der Waals surface area contributed by atoms with Crippen LogP contribution in [0, 0.1) is 5.92 Å². The molecular formula is C24H32N6O3S. The fraction of sp³-hybridized carbons (Fsp3) is 0.458. The fourth-order valence-electron chi connectivity index (χ4n) is 4.23. The van der Waals surface area contributed by atoms with Crippen molar-refractivity contribution in [3.63, 3.8) is 0 Å². The van der Waals surface area contributed by atoms with E-state index in [9.17, 15) is 13.2 Å². The van der Waals surface area contributed by atoms with Gasteiger partial charge in [-0.25, -0.2) is 13.1 Å². The first-order valence-corrected chi connectivity index (χ1v) is 13.0. The van der Waals surface area contributed by atoms with Crippen molar-refractivity contribution in [2.45, 2.75) is 44.2 Å². The van der Waals surface area contributed by atoms with E-state index in [-0.39, 0.29) is 29.3 Å². The van der Waals surface area contributed by atoms with Crippen LogP contribution < -0.4 is 10.2 Å². The second-order valence-corrected chi connectivity index (χ2v) is 11.2. The van der Waals surface area contributed by atoms with Crippen LogP contribution in [0.25, 0.3) is 11.0 Å². The van der Waals surface area contributed by atoms with Crippen molar-refractivity contribution < 1.29 is 13.2 Å². The lowest BCUT2D eigenvalue weighted by Gasteiger charge is -2.31. The van der Waals surface area contributed by atoms with Crippen molar-refractivity contribution in [3.05, 3.63) is 48.0 Å². The van der Waals surface area contributed by atoms with Crippen molar-refractivity contribution in [2.75, 3.05) is 32.1 Å². The molecular weight excluding hydrogens is 452 g/mol. The Morgan fingerprint density at radius 1 is 1.18 bits per heavy atom. The largest absolute Gasteiger partial charge is 0.378 e. The van der Waals surface area contributed by atoms with Gasteiger partial charge in [0, 0.05) is 45.5 Å². The first-order chi connectivity index (χ1) is 16.2. The molecule has 1 aliphatic heterocycles. The molecule has 1 fully saturated rings. The fourth-order valence-corrected chi connectivity index (χ4v) is 5.78. The summed E-state index contributed by atoms with van der Waals surface area (Å²) < 4.78 is 29.9. The first-order valence-electron chi connectivity index (χ1n) is 11.6. The lowest BCUT2D eigenvalue weighted by Crippen LogP contribution is -2.45. The van der Waals surface area contributed by atoms with E-state index >= 15 is 0 Å². The number of benzene rings is 2. The third-order valence-electron chi connectivity index (χ3n) is 6.24. The van der Waals surface area contributed by atoms with Crippen molar-refractivity contribution in [3.8, 4) is 0 Å². The number of anilines is 1. The number of piperidine rings is 1. The van der Waals surface area contributed by atoms with E-state index < -0.39 is 10.0 Å². The van der Waals surface area contributed by atoms with Gasteiger partial charge in [0.25, 0.3) is 0 Å². The number of carbonyl (C=O) groups is 1. The number of carbonyl (C=O) groups excluding carboxylic acids is 1. The highest BCUT2D eigenvalue weighted by Gasteiger charge is 2.33. The molecule has 10 heteroatoms. The molecule has 182 valence electrons. The van der Waals surface area contributed by atoms with Crippen LogP contribution in [0.15, 0.2) is 47.4 Å². The second-order valence-electron chi connectivity index (χ2n) is 9.26. The van der Waals surface area contributed by atoms with E-state index in [1.165, 1.54) is 4.31 Å². The summed E-state index contributed by atoms with van der Waals surface area (Å²) in [5.41, 5.74) is 3.43. The molecule has 0 saturated carbocycles. The number of nitrogens with one attached hydrogen (secondary N) is 1. The minimum atomic E-state index is -3.74. The van der Waals surface area contributed by atoms with Crippen LogP contribution >= 0.6 is 0 Å². The summed E-state index contributed by atoms with van der Waals surface area (Å²) in [4.78, 5) is 15.0. The first kappa shape index (κ1) is 24.2. The Morgan fingerprint density at radius 2 is 1.91 bits per heavy atom. The topological polar surface area (TPSA) is 100 Å². The van der Waals surface area contributed by atoms with Crippen molar-refractivity contribution in [1.82, 2.24) is 24.6 Å². The zero-order chi connectivity index (χ0) is 24.5. The average Bonchev–Trinajstić information content (AvgIpc) is 3.26. The molecule has 1 N–H and O–H groups in total. The Hall–Kier alpha value is -2.98. The standard InChI is InChI=1S/C24H32N6O3S/c1-17(2)30-23-12-11-21(14-22(23)26-27-30)34(32,33)29-13-5-6-19(16-29)24(31)25-15-18-7-9-20(10-8-18)28(3)4/h7-12,14,17,19H,5-6,13,15-16H2,1-4H3,(H,25,31). The number of sulfonamides is 1. The molecule has 9 nitrogen and oxygen atoms in total. The van der Waals surface area contributed by atoms with Gasteiger partial charge >= 0.3 is 0 Å². The number of amides is 1. The lowest BCUT2D eigenvalue weighted by atomic mass is 9.99. The van der Waals surface area contributed by atoms with Gasteiger partial charge < -0.3 is 10.2 Å². The van der Waals surface area contributed by atoms with Crippen LogP contribution in [0.5, 0.6) is 0 Å². The molecule has 1 saturated heterocycles. The highest BCUT2D eigenvalue weighted by molar-refractivity contribution is 7.89. The Kier molecular flexibility index (Phi) is 6.90. The number of aromatic nitrogens is 3. The SMILES string of the molecule is CC(C)n1nnc2cc(S(=O)(=O)N3CCCC(C(=O)NCc4ccc(N(C)C)cc4)C3)ccc21. The average molecular weight is 485 g/mol. The molecule has 4 rings (SSSR count). The summed E-state index contributed by atoms with van der Waals surface area (Å²) in [5.74, 6) is -0.498. The highest BCUT2D eigenvalue weighted by Crippen LogP contribution is 2.26. The zero-order valence-electron chi connectivity index (χ0n) is 20.1. The Labute approximate surface area is 200 Å². The van der Waals surface area contributed by atoms with Crippen LogP contribution in [0.1, 0.15) is 38.3 Å². The van der Waals surface area contributed by atoms with E-state index in [2.05, 4.69) is 15.6 Å². The maximum atomic E-state index is 13.3. The van der Waals surface area contributed by atoms with Gasteiger partial charge in [0.2, 0.25) is 15.9 Å². The van der Waals surface area contributed by atoms with Crippen molar-refractivity contribution in [1.29, 1.82) is 0 Å². The molecule has 0 radical (unpaired) electrons. The third kappa shape index (κ3) is 4.92. The third-order valence-corrected chi connectivity index (χ3v) is 8.10. The maximum absolute atomic E-state index is 13.3. The number of fused-ring (bicyclic) bond motifs is 1. The predicted molar refractivity (Wildman–Crippen MR) is 132 cm³/mol. The van der Waals surface area contributed by atoms with Crippen molar-refractivity contribution in [2.24, 2.45) is 5.92 Å². The highest BCUT2D eigenvalue weighted by atomic mass is 32.2. The molecule has 1 aliphatic rings. The summed E-state index contributed by atoms with van der Waals surface area (Å²) in [6.07, 6.45) is 1.31. The molecule has 1 amide bonds. The minimum absolute atomic E-state index is 0.119. The van der Waals surface area contributed by atoms with Gasteiger partial charge in [0.1, 0.15) is 5.52 Å². The quantitative estimate of drug-likeness (QED) is 0.554. The zero-order valence-corrected chi connectivity index (χ0v) is 20.9. The van der Waals surface area contributed by atoms with Crippen LogP contribution in [0.4, 0.5) is 5.69 Å². The second kappa shape index (κ2) is 9.71. The Bertz CT molecular complexity index is 1270. The van der Waals surface area contributed by atoms with Crippen molar-refractivity contribution >= 4 is 32.7 Å². The van der Waals surface area contributed by atoms with E-state index in [1.54, 1.807) is 22.9 Å². The molecule has 1 aromatic heterocycles. The molecule has 3 aromatic rings. The van der Waals surface area contributed by atoms with Gasteiger partial charge in [-0.3, -0.25) is 4.79 Å². The van der Waals surface area contributed by atoms with Gasteiger partial charge in [0.05, 0.1) is 16.3 Å². The maximum Gasteiger partial charge on any atom is 0.243 e. The van der Waals surface area contributed by atoms with E-state index in [0.29, 0.717) is 31.4 Å². The monoisotopic (exact) mass is 484 g/mol. The summed E-state index contributed by atoms with van der Waals surface area (Å²) in [7, 11) is 0.219. The molecule has 0 spiro atoms. The number of nitrogens with zero attached hydrogens (tertiary/aromatic N) is 5. The van der Waals surface area contributed by atoms with Gasteiger partial charge in [-0.2, -0.15) is 4.31 Å².